The Kier molecular flexibility index (Phi) is 4.88. The van der Waals surface area contributed by atoms with Gasteiger partial charge in [0.05, 0.1) is 0 Å². The molecule has 17 heavy (non-hydrogen) atoms. The van der Waals surface area contributed by atoms with E-state index in [1.807, 2.05) is 0 Å². The van der Waals surface area contributed by atoms with Crippen molar-refractivity contribution in [1.29, 1.82) is 0 Å². The highest BCUT2D eigenvalue weighted by Gasteiger charge is 2.29. The lowest BCUT2D eigenvalue weighted by Crippen LogP contribution is -2.03. The summed E-state index contributed by atoms with van der Waals surface area (Å²) in [4.78, 5) is 11.5. The van der Waals surface area contributed by atoms with Gasteiger partial charge >= 0.3 is 5.51 Å². The SMILES string of the molecule is Nc1cc(SC(F)(F)F)cc(C(=O)CCBr)c1. The van der Waals surface area contributed by atoms with Gasteiger partial charge in [0.15, 0.2) is 5.78 Å². The standard InChI is InChI=1S/C10H9BrF3NOS/c11-2-1-9(16)6-3-7(15)5-8(4-6)17-10(12,13)14/h3-5H,1-2,15H2. The summed E-state index contributed by atoms with van der Waals surface area (Å²) >= 11 is 2.82. The van der Waals surface area contributed by atoms with Crippen molar-refractivity contribution >= 4 is 39.2 Å². The second-order valence-electron chi connectivity index (χ2n) is 3.20. The summed E-state index contributed by atoms with van der Waals surface area (Å²) in [5.74, 6) is -0.238. The number of hydrogen-bond acceptors (Lipinski definition) is 3. The van der Waals surface area contributed by atoms with Crippen LogP contribution in [-0.2, 0) is 0 Å². The number of rotatable bonds is 4. The molecule has 1 rings (SSSR count). The highest BCUT2D eigenvalue weighted by atomic mass is 79.9. The number of carbonyl (C=O) groups is 1. The zero-order chi connectivity index (χ0) is 13.1. The molecule has 2 nitrogen and oxygen atoms in total. The van der Waals surface area contributed by atoms with Gasteiger partial charge in [-0.1, -0.05) is 15.9 Å². The maximum atomic E-state index is 12.2. The van der Waals surface area contributed by atoms with Crippen molar-refractivity contribution in [3.8, 4) is 0 Å². The minimum atomic E-state index is -4.39. The van der Waals surface area contributed by atoms with E-state index in [9.17, 15) is 18.0 Å². The molecule has 2 N–H and O–H groups in total. The van der Waals surface area contributed by atoms with Crippen LogP contribution in [0.1, 0.15) is 16.8 Å². The van der Waals surface area contributed by atoms with Crippen LogP contribution < -0.4 is 5.73 Å². The molecular formula is C10H9BrF3NOS. The third-order valence-corrected chi connectivity index (χ3v) is 2.91. The van der Waals surface area contributed by atoms with Crippen LogP contribution in [0.3, 0.4) is 0 Å². The molecule has 0 aromatic heterocycles. The number of halogens is 4. The van der Waals surface area contributed by atoms with Crippen LogP contribution in [0.15, 0.2) is 23.1 Å². The second kappa shape index (κ2) is 5.77. The predicted octanol–water partition coefficient (Wildman–Crippen LogP) is 3.85. The summed E-state index contributed by atoms with van der Waals surface area (Å²) in [5, 5.41) is 0.461. The van der Waals surface area contributed by atoms with Gasteiger partial charge in [0.1, 0.15) is 0 Å². The number of nitrogen functional groups attached to an aromatic ring is 1. The summed E-state index contributed by atoms with van der Waals surface area (Å²) in [7, 11) is 0. The van der Waals surface area contributed by atoms with Gasteiger partial charge in [-0.05, 0) is 30.0 Å². The van der Waals surface area contributed by atoms with Gasteiger partial charge < -0.3 is 5.73 Å². The van der Waals surface area contributed by atoms with Crippen molar-refractivity contribution < 1.29 is 18.0 Å². The Bertz CT molecular complexity index is 423. The fourth-order valence-corrected chi connectivity index (χ4v) is 2.21. The zero-order valence-electron chi connectivity index (χ0n) is 8.55. The Hall–Kier alpha value is -0.690. The van der Waals surface area contributed by atoms with Gasteiger partial charge in [-0.15, -0.1) is 0 Å². The molecule has 0 aliphatic rings. The number of alkyl halides is 4. The number of Topliss-reactive ketones (excluding diaryl/α,β-unsaturated/α-hetero) is 1. The molecule has 7 heteroatoms. The molecule has 1 aromatic rings. The normalized spacial score (nSPS) is 11.5. The van der Waals surface area contributed by atoms with E-state index in [-0.39, 0.29) is 40.1 Å². The first kappa shape index (κ1) is 14.4. The van der Waals surface area contributed by atoms with Gasteiger partial charge in [0, 0.05) is 27.9 Å². The zero-order valence-corrected chi connectivity index (χ0v) is 11.0. The van der Waals surface area contributed by atoms with Crippen LogP contribution in [-0.4, -0.2) is 16.6 Å². The van der Waals surface area contributed by atoms with Crippen molar-refractivity contribution in [2.45, 2.75) is 16.8 Å². The predicted molar refractivity (Wildman–Crippen MR) is 65.5 cm³/mol. The van der Waals surface area contributed by atoms with E-state index < -0.39 is 5.51 Å². The first-order valence-corrected chi connectivity index (χ1v) is 6.51. The van der Waals surface area contributed by atoms with E-state index in [0.29, 0.717) is 5.33 Å². The average molecular weight is 328 g/mol. The molecular weight excluding hydrogens is 319 g/mol. The average Bonchev–Trinajstić information content (AvgIpc) is 2.14. The summed E-state index contributed by atoms with van der Waals surface area (Å²) in [6, 6.07) is 3.79. The van der Waals surface area contributed by atoms with Crippen LogP contribution in [0.4, 0.5) is 18.9 Å². The molecule has 1 aromatic carbocycles. The van der Waals surface area contributed by atoms with Crippen molar-refractivity contribution in [3.63, 3.8) is 0 Å². The topological polar surface area (TPSA) is 43.1 Å². The van der Waals surface area contributed by atoms with Crippen molar-refractivity contribution in [2.24, 2.45) is 0 Å². The van der Waals surface area contributed by atoms with Crippen molar-refractivity contribution in [3.05, 3.63) is 23.8 Å². The molecule has 0 saturated carbocycles. The summed E-state index contributed by atoms with van der Waals surface area (Å²) in [5.41, 5.74) is 1.44. The monoisotopic (exact) mass is 327 g/mol. The Morgan fingerprint density at radius 2 is 2.00 bits per heavy atom. The molecule has 94 valence electrons. The quantitative estimate of drug-likeness (QED) is 0.395. The number of nitrogens with two attached hydrogens (primary N) is 1. The maximum Gasteiger partial charge on any atom is 0.446 e. The van der Waals surface area contributed by atoms with Crippen molar-refractivity contribution in [2.75, 3.05) is 11.1 Å². The molecule has 0 bridgehead atoms. The van der Waals surface area contributed by atoms with Gasteiger partial charge in [-0.3, -0.25) is 4.79 Å². The lowest BCUT2D eigenvalue weighted by Gasteiger charge is -2.08. The summed E-state index contributed by atoms with van der Waals surface area (Å²) in [6.45, 7) is 0. The number of thioether (sulfide) groups is 1. The third-order valence-electron chi connectivity index (χ3n) is 1.81. The third kappa shape index (κ3) is 4.99. The van der Waals surface area contributed by atoms with Crippen LogP contribution in [0.5, 0.6) is 0 Å². The highest BCUT2D eigenvalue weighted by molar-refractivity contribution is 9.09. The Balaban J connectivity index is 2.98. The summed E-state index contributed by atoms with van der Waals surface area (Å²) in [6.07, 6.45) is 0.222. The number of hydrogen-bond donors (Lipinski definition) is 1. The van der Waals surface area contributed by atoms with E-state index in [4.69, 9.17) is 5.73 Å². The first-order valence-electron chi connectivity index (χ1n) is 4.57. The minimum absolute atomic E-state index is 0.0737. The molecule has 0 amide bonds. The van der Waals surface area contributed by atoms with E-state index in [1.165, 1.54) is 18.2 Å². The smallest absolute Gasteiger partial charge is 0.399 e. The van der Waals surface area contributed by atoms with Crippen LogP contribution >= 0.6 is 27.7 Å². The number of carbonyl (C=O) groups excluding carboxylic acids is 1. The van der Waals surface area contributed by atoms with Gasteiger partial charge in [-0.2, -0.15) is 13.2 Å². The van der Waals surface area contributed by atoms with Crippen LogP contribution in [0.25, 0.3) is 0 Å². The fourth-order valence-electron chi connectivity index (χ4n) is 1.21. The lowest BCUT2D eigenvalue weighted by molar-refractivity contribution is -0.0328. The number of anilines is 1. The summed E-state index contributed by atoms with van der Waals surface area (Å²) < 4.78 is 36.6. The highest BCUT2D eigenvalue weighted by Crippen LogP contribution is 2.38. The van der Waals surface area contributed by atoms with Crippen molar-refractivity contribution in [1.82, 2.24) is 0 Å². The molecule has 0 fully saturated rings. The molecule has 0 unspecified atom stereocenters. The molecule has 0 radical (unpaired) electrons. The van der Waals surface area contributed by atoms with E-state index >= 15 is 0 Å². The molecule has 0 aliphatic carbocycles. The van der Waals surface area contributed by atoms with E-state index in [1.54, 1.807) is 0 Å². The Labute approximate surface area is 109 Å². The Morgan fingerprint density at radius 1 is 1.35 bits per heavy atom. The first-order chi connectivity index (χ1) is 7.81. The maximum absolute atomic E-state index is 12.2. The van der Waals surface area contributed by atoms with Crippen LogP contribution in [0, 0.1) is 0 Å². The van der Waals surface area contributed by atoms with Gasteiger partial charge in [-0.25, -0.2) is 0 Å². The molecule has 0 spiro atoms. The minimum Gasteiger partial charge on any atom is -0.399 e. The largest absolute Gasteiger partial charge is 0.446 e. The number of benzene rings is 1. The van der Waals surface area contributed by atoms with Gasteiger partial charge in [0.2, 0.25) is 0 Å². The van der Waals surface area contributed by atoms with Gasteiger partial charge in [0.25, 0.3) is 0 Å². The second-order valence-corrected chi connectivity index (χ2v) is 5.13. The van der Waals surface area contributed by atoms with E-state index in [0.717, 1.165) is 0 Å². The Morgan fingerprint density at radius 3 is 2.53 bits per heavy atom. The van der Waals surface area contributed by atoms with E-state index in [2.05, 4.69) is 15.9 Å². The molecule has 0 heterocycles. The lowest BCUT2D eigenvalue weighted by atomic mass is 10.1. The molecule has 0 aliphatic heterocycles. The molecule has 0 atom stereocenters. The van der Waals surface area contributed by atoms with Crippen LogP contribution in [0.2, 0.25) is 0 Å². The fraction of sp³-hybridized carbons (Fsp3) is 0.300. The molecule has 0 saturated heterocycles. The number of ketones is 1.